The lowest BCUT2D eigenvalue weighted by Crippen LogP contribution is -1.98. The Hall–Kier alpha value is 0.150. The first-order valence-electron chi connectivity index (χ1n) is 3.21. The van der Waals surface area contributed by atoms with Gasteiger partial charge in [-0.1, -0.05) is 6.92 Å². The predicted molar refractivity (Wildman–Crippen MR) is 38.2 cm³/mol. The van der Waals surface area contributed by atoms with Crippen LogP contribution in [0.15, 0.2) is 0 Å². The van der Waals surface area contributed by atoms with Crippen molar-refractivity contribution in [3.63, 3.8) is 0 Å². The van der Waals surface area contributed by atoms with Gasteiger partial charge in [-0.2, -0.15) is 0 Å². The van der Waals surface area contributed by atoms with Crippen LogP contribution in [0.2, 0.25) is 0 Å². The fourth-order valence-electron chi connectivity index (χ4n) is 0.687. The summed E-state index contributed by atoms with van der Waals surface area (Å²) in [5.74, 6) is 3.21. The molecule has 1 rings (SSSR count). The van der Waals surface area contributed by atoms with E-state index < -0.39 is 0 Å². The molecule has 0 radical (unpaired) electrons. The van der Waals surface area contributed by atoms with Gasteiger partial charge in [-0.05, 0) is 18.8 Å². The van der Waals surface area contributed by atoms with Crippen LogP contribution in [-0.4, -0.2) is 11.5 Å². The highest BCUT2D eigenvalue weighted by Gasteiger charge is 2.21. The second kappa shape index (κ2) is 2.62. The molecule has 8 heavy (non-hydrogen) atoms. The number of hydrogen-bond acceptors (Lipinski definition) is 1. The summed E-state index contributed by atoms with van der Waals surface area (Å²) in [5.41, 5.74) is 0. The second-order valence-corrected chi connectivity index (χ2v) is 4.29. The van der Waals surface area contributed by atoms with Crippen molar-refractivity contribution in [1.82, 2.24) is 0 Å². The third kappa shape index (κ3) is 1.95. The van der Waals surface area contributed by atoms with Gasteiger partial charge in [0.2, 0.25) is 0 Å². The Kier molecular flexibility index (Phi) is 2.06. The Morgan fingerprint density at radius 2 is 2.25 bits per heavy atom. The Bertz CT molecular complexity index is 96.7. The molecule has 0 saturated heterocycles. The average Bonchev–Trinajstić information content (AvgIpc) is 2.50. The number of nitrogens with one attached hydrogen (secondary N) is 1. The summed E-state index contributed by atoms with van der Waals surface area (Å²) < 4.78 is 7.42. The maximum Gasteiger partial charge on any atom is 0.00668 e. The highest BCUT2D eigenvalue weighted by molar-refractivity contribution is 7.85. The molecule has 1 fully saturated rings. The molecule has 0 heterocycles. The van der Waals surface area contributed by atoms with Crippen molar-refractivity contribution < 1.29 is 0 Å². The highest BCUT2D eigenvalue weighted by Crippen LogP contribution is 2.29. The van der Waals surface area contributed by atoms with E-state index in [0.29, 0.717) is 0 Å². The monoisotopic (exact) mass is 131 g/mol. The van der Waals surface area contributed by atoms with Gasteiger partial charge in [-0.15, -0.1) is 10.7 Å². The van der Waals surface area contributed by atoms with Crippen LogP contribution in [0.5, 0.6) is 0 Å². The van der Waals surface area contributed by atoms with E-state index in [4.69, 9.17) is 4.78 Å². The first kappa shape index (κ1) is 6.27. The Labute approximate surface area is 53.4 Å². The molecule has 0 amide bonds. The van der Waals surface area contributed by atoms with Crippen molar-refractivity contribution in [2.45, 2.75) is 19.8 Å². The van der Waals surface area contributed by atoms with E-state index in [1.807, 2.05) is 0 Å². The van der Waals surface area contributed by atoms with Crippen molar-refractivity contribution >= 4 is 10.7 Å². The molecule has 0 aliphatic heterocycles. The largest absolute Gasteiger partial charge is 0.280 e. The molecule has 1 nitrogen and oxygen atoms in total. The van der Waals surface area contributed by atoms with Crippen LogP contribution in [0.1, 0.15) is 19.8 Å². The molecule has 0 spiro atoms. The molecule has 0 aromatic rings. The van der Waals surface area contributed by atoms with Crippen molar-refractivity contribution in [1.29, 1.82) is 4.78 Å². The maximum absolute atomic E-state index is 7.42. The van der Waals surface area contributed by atoms with E-state index in [1.165, 1.54) is 18.6 Å². The lowest BCUT2D eigenvalue weighted by atomic mass is 10.5. The van der Waals surface area contributed by atoms with Crippen LogP contribution in [0.4, 0.5) is 0 Å². The molecule has 1 aliphatic rings. The van der Waals surface area contributed by atoms with E-state index in [0.717, 1.165) is 11.7 Å². The van der Waals surface area contributed by atoms with Crippen LogP contribution in [-0.2, 0) is 10.7 Å². The summed E-state index contributed by atoms with van der Waals surface area (Å²) in [7, 11) is 0.00540. The first-order chi connectivity index (χ1) is 3.83. The first-order valence-corrected chi connectivity index (χ1v) is 4.78. The van der Waals surface area contributed by atoms with Gasteiger partial charge in [-0.25, -0.2) is 0 Å². The molecular weight excluding hydrogens is 118 g/mol. The quantitative estimate of drug-likeness (QED) is 0.604. The Balaban J connectivity index is 2.07. The SMILES string of the molecule is CCS(=N)CC1CC1. The minimum atomic E-state index is 0.00540. The highest BCUT2D eigenvalue weighted by atomic mass is 32.2. The fourth-order valence-corrected chi connectivity index (χ4v) is 1.82. The molecule has 1 saturated carbocycles. The molecule has 0 bridgehead atoms. The van der Waals surface area contributed by atoms with Gasteiger partial charge < -0.3 is 0 Å². The van der Waals surface area contributed by atoms with Crippen molar-refractivity contribution in [2.24, 2.45) is 5.92 Å². The topological polar surface area (TPSA) is 23.9 Å². The van der Waals surface area contributed by atoms with Gasteiger partial charge in [0.05, 0.1) is 0 Å². The molecule has 1 aliphatic carbocycles. The van der Waals surface area contributed by atoms with E-state index in [-0.39, 0.29) is 10.7 Å². The second-order valence-electron chi connectivity index (χ2n) is 2.39. The van der Waals surface area contributed by atoms with E-state index in [1.54, 1.807) is 0 Å². The average molecular weight is 131 g/mol. The summed E-state index contributed by atoms with van der Waals surface area (Å²) in [6.07, 6.45) is 2.81. The third-order valence-electron chi connectivity index (χ3n) is 1.48. The maximum atomic E-state index is 7.42. The van der Waals surface area contributed by atoms with Gasteiger partial charge in [0.1, 0.15) is 0 Å². The number of hydrogen-bond donors (Lipinski definition) is 1. The molecule has 1 unspecified atom stereocenters. The smallest absolute Gasteiger partial charge is 0.00668 e. The summed E-state index contributed by atoms with van der Waals surface area (Å²) in [6.45, 7) is 2.11. The van der Waals surface area contributed by atoms with Gasteiger partial charge in [-0.3, -0.25) is 4.78 Å². The van der Waals surface area contributed by atoms with Crippen LogP contribution >= 0.6 is 0 Å². The molecular formula is C6H13NS. The van der Waals surface area contributed by atoms with E-state index in [2.05, 4.69) is 6.92 Å². The van der Waals surface area contributed by atoms with Crippen LogP contribution < -0.4 is 0 Å². The van der Waals surface area contributed by atoms with Crippen molar-refractivity contribution in [2.75, 3.05) is 11.5 Å². The zero-order valence-corrected chi connectivity index (χ0v) is 6.13. The Morgan fingerprint density at radius 3 is 2.62 bits per heavy atom. The van der Waals surface area contributed by atoms with Crippen LogP contribution in [0.3, 0.4) is 0 Å². The van der Waals surface area contributed by atoms with E-state index in [9.17, 15) is 0 Å². The normalized spacial score (nSPS) is 23.1. The minimum Gasteiger partial charge on any atom is -0.280 e. The molecule has 1 atom stereocenters. The molecule has 0 aromatic carbocycles. The summed E-state index contributed by atoms with van der Waals surface area (Å²) >= 11 is 0. The Morgan fingerprint density at radius 1 is 1.62 bits per heavy atom. The van der Waals surface area contributed by atoms with Gasteiger partial charge >= 0.3 is 0 Å². The summed E-state index contributed by atoms with van der Waals surface area (Å²) in [6, 6.07) is 0. The zero-order valence-electron chi connectivity index (χ0n) is 5.31. The molecule has 1 N–H and O–H groups in total. The third-order valence-corrected chi connectivity index (χ3v) is 3.05. The molecule has 48 valence electrons. The standard InChI is InChI=1S/C6H13NS/c1-2-8(7)5-6-3-4-6/h6-7H,2-5H2,1H3. The van der Waals surface area contributed by atoms with Crippen molar-refractivity contribution in [3.8, 4) is 0 Å². The van der Waals surface area contributed by atoms with Crippen LogP contribution in [0, 0.1) is 10.7 Å². The number of rotatable bonds is 3. The van der Waals surface area contributed by atoms with E-state index >= 15 is 0 Å². The zero-order chi connectivity index (χ0) is 5.98. The van der Waals surface area contributed by atoms with Crippen LogP contribution in [0.25, 0.3) is 0 Å². The summed E-state index contributed by atoms with van der Waals surface area (Å²) in [4.78, 5) is 0. The minimum absolute atomic E-state index is 0.00540. The fraction of sp³-hybridized carbons (Fsp3) is 1.00. The predicted octanol–water partition coefficient (Wildman–Crippen LogP) is 1.80. The van der Waals surface area contributed by atoms with Gasteiger partial charge in [0, 0.05) is 11.5 Å². The summed E-state index contributed by atoms with van der Waals surface area (Å²) in [5, 5.41) is 0. The lowest BCUT2D eigenvalue weighted by molar-refractivity contribution is 0.993. The van der Waals surface area contributed by atoms with Gasteiger partial charge in [0.25, 0.3) is 0 Å². The lowest BCUT2D eigenvalue weighted by Gasteiger charge is -1.96. The molecule has 2 heteroatoms. The van der Waals surface area contributed by atoms with Gasteiger partial charge in [0.15, 0.2) is 0 Å². The molecule has 0 aromatic heterocycles. The van der Waals surface area contributed by atoms with Crippen molar-refractivity contribution in [3.05, 3.63) is 0 Å².